The summed E-state index contributed by atoms with van der Waals surface area (Å²) in [4.78, 5) is 5.96. The highest BCUT2D eigenvalue weighted by Gasteiger charge is 2.19. The maximum absolute atomic E-state index is 10.1. The number of hydrogen-bond donors (Lipinski definition) is 1. The monoisotopic (exact) mass is 291 g/mol. The highest BCUT2D eigenvalue weighted by Crippen LogP contribution is 2.31. The summed E-state index contributed by atoms with van der Waals surface area (Å²) in [5, 5.41) is 18.4. The summed E-state index contributed by atoms with van der Waals surface area (Å²) in [5.41, 5.74) is 2.80. The molecule has 1 N–H and O–H groups in total. The van der Waals surface area contributed by atoms with Gasteiger partial charge in [0.15, 0.2) is 0 Å². The van der Waals surface area contributed by atoms with Crippen LogP contribution in [0.3, 0.4) is 0 Å². The lowest BCUT2D eigenvalue weighted by molar-refractivity contribution is 0.213. The van der Waals surface area contributed by atoms with Gasteiger partial charge in [0, 0.05) is 17.5 Å². The molecule has 2 aromatic rings. The molecule has 1 heterocycles. The van der Waals surface area contributed by atoms with Gasteiger partial charge in [0.25, 0.3) is 0 Å². The zero-order chi connectivity index (χ0) is 14.7. The first-order chi connectivity index (χ1) is 9.58. The summed E-state index contributed by atoms with van der Waals surface area (Å²) in [6.45, 7) is 1.78. The summed E-state index contributed by atoms with van der Waals surface area (Å²) in [5.74, 6) is 0.0762. The molecule has 5 nitrogen and oxygen atoms in total. The highest BCUT2D eigenvalue weighted by atomic mass is 32.2. The number of aromatic hydroxyl groups is 1. The molecular formula is C14H17N3O2S. The van der Waals surface area contributed by atoms with E-state index in [0.29, 0.717) is 17.0 Å². The second-order valence-corrected chi connectivity index (χ2v) is 5.14. The molecule has 106 valence electrons. The summed E-state index contributed by atoms with van der Waals surface area (Å²) in [6, 6.07) is 8.02. The first-order valence-corrected chi connectivity index (χ1v) is 7.29. The third-order valence-electron chi connectivity index (χ3n) is 2.97. The molecule has 0 fully saturated rings. The van der Waals surface area contributed by atoms with E-state index in [4.69, 9.17) is 4.84 Å². The maximum atomic E-state index is 10.1. The molecule has 20 heavy (non-hydrogen) atoms. The van der Waals surface area contributed by atoms with Crippen LogP contribution >= 0.6 is 11.8 Å². The van der Waals surface area contributed by atoms with Gasteiger partial charge >= 0.3 is 0 Å². The molecule has 0 aliphatic carbocycles. The smallest absolute Gasteiger partial charge is 0.219 e. The molecule has 2 rings (SSSR count). The molecule has 0 unspecified atom stereocenters. The topological polar surface area (TPSA) is 59.6 Å². The van der Waals surface area contributed by atoms with Crippen molar-refractivity contribution in [3.8, 4) is 17.1 Å². The minimum absolute atomic E-state index is 0.0762. The van der Waals surface area contributed by atoms with E-state index < -0.39 is 0 Å². The van der Waals surface area contributed by atoms with Crippen LogP contribution in [0.1, 0.15) is 12.5 Å². The SMILES string of the molecule is CO/N=C(\C)c1c(-c2ccc(SC)cc2)nn(C)c1O. The molecule has 0 aliphatic heterocycles. The number of oxime groups is 1. The number of benzene rings is 1. The molecule has 0 spiro atoms. The van der Waals surface area contributed by atoms with Crippen LogP contribution in [0, 0.1) is 0 Å². The van der Waals surface area contributed by atoms with Crippen molar-refractivity contribution in [1.29, 1.82) is 0 Å². The normalized spacial score (nSPS) is 11.7. The van der Waals surface area contributed by atoms with Gasteiger partial charge in [0.1, 0.15) is 12.8 Å². The van der Waals surface area contributed by atoms with Crippen LogP contribution in [0.4, 0.5) is 0 Å². The van der Waals surface area contributed by atoms with Gasteiger partial charge in [-0.2, -0.15) is 5.10 Å². The fourth-order valence-corrected chi connectivity index (χ4v) is 2.39. The van der Waals surface area contributed by atoms with Crippen molar-refractivity contribution in [2.24, 2.45) is 12.2 Å². The molecule has 1 aromatic carbocycles. The first kappa shape index (κ1) is 14.5. The van der Waals surface area contributed by atoms with Gasteiger partial charge in [-0.1, -0.05) is 17.3 Å². The minimum atomic E-state index is 0.0762. The molecule has 1 aromatic heterocycles. The number of aromatic nitrogens is 2. The summed E-state index contributed by atoms with van der Waals surface area (Å²) >= 11 is 1.68. The molecule has 0 saturated heterocycles. The van der Waals surface area contributed by atoms with E-state index in [1.165, 1.54) is 16.7 Å². The van der Waals surface area contributed by atoms with Gasteiger partial charge in [-0.15, -0.1) is 11.8 Å². The predicted molar refractivity (Wildman–Crippen MR) is 81.3 cm³/mol. The zero-order valence-electron chi connectivity index (χ0n) is 11.9. The Morgan fingerprint density at radius 1 is 1.35 bits per heavy atom. The van der Waals surface area contributed by atoms with Gasteiger partial charge in [0.2, 0.25) is 5.88 Å². The van der Waals surface area contributed by atoms with Crippen molar-refractivity contribution < 1.29 is 9.94 Å². The second kappa shape index (κ2) is 6.00. The predicted octanol–water partition coefficient (Wildman–Crippen LogP) is 2.89. The van der Waals surface area contributed by atoms with Crippen molar-refractivity contribution in [3.63, 3.8) is 0 Å². The van der Waals surface area contributed by atoms with E-state index in [9.17, 15) is 5.11 Å². The molecule has 0 bridgehead atoms. The summed E-state index contributed by atoms with van der Waals surface area (Å²) < 4.78 is 1.43. The van der Waals surface area contributed by atoms with E-state index in [1.807, 2.05) is 30.5 Å². The molecule has 0 aliphatic rings. The molecule has 0 atom stereocenters. The fourth-order valence-electron chi connectivity index (χ4n) is 1.98. The van der Waals surface area contributed by atoms with E-state index in [1.54, 1.807) is 25.7 Å². The van der Waals surface area contributed by atoms with Crippen molar-refractivity contribution in [1.82, 2.24) is 9.78 Å². The molecule has 0 amide bonds. The Labute approximate surface area is 122 Å². The third-order valence-corrected chi connectivity index (χ3v) is 3.71. The van der Waals surface area contributed by atoms with Crippen molar-refractivity contribution >= 4 is 17.5 Å². The largest absolute Gasteiger partial charge is 0.493 e. The molecule has 6 heteroatoms. The lowest BCUT2D eigenvalue weighted by atomic mass is 10.1. The van der Waals surface area contributed by atoms with Crippen molar-refractivity contribution in [2.75, 3.05) is 13.4 Å². The number of hydrogen-bond acceptors (Lipinski definition) is 5. The lowest BCUT2D eigenvalue weighted by Crippen LogP contribution is -1.97. The lowest BCUT2D eigenvalue weighted by Gasteiger charge is -2.03. The standard InChI is InChI=1S/C14H17N3O2S/c1-9(16-19-3)12-13(15-17(2)14(12)18)10-5-7-11(20-4)8-6-10/h5-8,18H,1-4H3/b16-9+. The average molecular weight is 291 g/mol. The van der Waals surface area contributed by atoms with Gasteiger partial charge in [-0.25, -0.2) is 4.68 Å². The zero-order valence-corrected chi connectivity index (χ0v) is 12.7. The van der Waals surface area contributed by atoms with E-state index in [2.05, 4.69) is 10.3 Å². The molecule has 0 radical (unpaired) electrons. The Hall–Kier alpha value is -1.95. The van der Waals surface area contributed by atoms with Crippen molar-refractivity contribution in [3.05, 3.63) is 29.8 Å². The second-order valence-electron chi connectivity index (χ2n) is 4.26. The Kier molecular flexibility index (Phi) is 4.34. The van der Waals surface area contributed by atoms with Crippen LogP contribution < -0.4 is 0 Å². The third kappa shape index (κ3) is 2.65. The summed E-state index contributed by atoms with van der Waals surface area (Å²) in [7, 11) is 3.17. The Balaban J connectivity index is 2.55. The number of thioether (sulfide) groups is 1. The molecular weight excluding hydrogens is 274 g/mol. The van der Waals surface area contributed by atoms with E-state index >= 15 is 0 Å². The number of nitrogens with zero attached hydrogens (tertiary/aromatic N) is 3. The van der Waals surface area contributed by atoms with Crippen LogP contribution in [-0.4, -0.2) is 34.0 Å². The van der Waals surface area contributed by atoms with E-state index in [0.717, 1.165) is 5.56 Å². The first-order valence-electron chi connectivity index (χ1n) is 6.07. The quantitative estimate of drug-likeness (QED) is 0.534. The van der Waals surface area contributed by atoms with Gasteiger partial charge in [-0.3, -0.25) is 0 Å². The Morgan fingerprint density at radius 2 is 2.00 bits per heavy atom. The van der Waals surface area contributed by atoms with Crippen LogP contribution in [0.15, 0.2) is 34.3 Å². The van der Waals surface area contributed by atoms with Crippen LogP contribution in [0.25, 0.3) is 11.3 Å². The van der Waals surface area contributed by atoms with Gasteiger partial charge < -0.3 is 9.94 Å². The fraction of sp³-hybridized carbons (Fsp3) is 0.286. The number of aryl methyl sites for hydroxylation is 1. The van der Waals surface area contributed by atoms with Crippen LogP contribution in [0.2, 0.25) is 0 Å². The summed E-state index contributed by atoms with van der Waals surface area (Å²) in [6.07, 6.45) is 2.03. The molecule has 0 saturated carbocycles. The number of rotatable bonds is 4. The van der Waals surface area contributed by atoms with Crippen molar-refractivity contribution in [2.45, 2.75) is 11.8 Å². The van der Waals surface area contributed by atoms with Gasteiger partial charge in [0.05, 0.1) is 11.3 Å². The Morgan fingerprint density at radius 3 is 2.55 bits per heavy atom. The van der Waals surface area contributed by atoms with Crippen LogP contribution in [-0.2, 0) is 11.9 Å². The maximum Gasteiger partial charge on any atom is 0.219 e. The van der Waals surface area contributed by atoms with Crippen LogP contribution in [0.5, 0.6) is 5.88 Å². The van der Waals surface area contributed by atoms with Gasteiger partial charge in [-0.05, 0) is 25.3 Å². The highest BCUT2D eigenvalue weighted by molar-refractivity contribution is 7.98. The minimum Gasteiger partial charge on any atom is -0.493 e. The average Bonchev–Trinajstić information content (AvgIpc) is 2.75. The Bertz CT molecular complexity index is 633. The van der Waals surface area contributed by atoms with E-state index in [-0.39, 0.29) is 5.88 Å².